The number of aliphatic carboxylic acids is 1. The molecule has 1 amide bonds. The first-order valence-corrected chi connectivity index (χ1v) is 23.2. The summed E-state index contributed by atoms with van der Waals surface area (Å²) in [4.78, 5) is 42.6. The van der Waals surface area contributed by atoms with Crippen molar-refractivity contribution in [1.82, 2.24) is 9.88 Å². The number of hydrogen-bond donors (Lipinski definition) is 1. The van der Waals surface area contributed by atoms with Gasteiger partial charge in [0.15, 0.2) is 11.5 Å². The van der Waals surface area contributed by atoms with Crippen molar-refractivity contribution in [2.45, 2.75) is 55.9 Å². The zero-order valence-corrected chi connectivity index (χ0v) is 28.6. The number of fused-ring (bicyclic) bond motifs is 1. The van der Waals surface area contributed by atoms with Gasteiger partial charge in [-0.2, -0.15) is 0 Å². The topological polar surface area (TPSA) is 105 Å². The summed E-state index contributed by atoms with van der Waals surface area (Å²) in [6, 6.07) is 13.7. The molecule has 0 radical (unpaired) electrons. The van der Waals surface area contributed by atoms with Crippen LogP contribution in [0.3, 0.4) is 0 Å². The summed E-state index contributed by atoms with van der Waals surface area (Å²) in [7, 11) is 0. The van der Waals surface area contributed by atoms with Gasteiger partial charge in [-0.1, -0.05) is 0 Å². The van der Waals surface area contributed by atoms with Crippen LogP contribution in [0.15, 0.2) is 53.1 Å². The number of carboxylic acid groups (broad SMARTS) is 1. The van der Waals surface area contributed by atoms with E-state index in [0.29, 0.717) is 43.3 Å². The number of unbranched alkanes of at least 4 members (excludes halogenated alkanes) is 1. The van der Waals surface area contributed by atoms with Crippen molar-refractivity contribution in [3.8, 4) is 11.5 Å². The van der Waals surface area contributed by atoms with Gasteiger partial charge in [-0.25, -0.2) is 4.98 Å². The average molecular weight is 719 g/mol. The number of halogens is 1. The van der Waals surface area contributed by atoms with E-state index in [2.05, 4.69) is 49.8 Å². The van der Waals surface area contributed by atoms with E-state index in [4.69, 9.17) is 13.9 Å². The zero-order valence-electron chi connectivity index (χ0n) is 26.4. The van der Waals surface area contributed by atoms with E-state index in [9.17, 15) is 14.7 Å². The maximum atomic E-state index is 14.2. The SMILES string of the molecule is CCCCN(C(=O)CN1C[C@H](c2ccc3c(c2)OCO3)[C@@H](C(=O)O)[C@@H]1CCc1ncc(C)o1)c1cccc(C[I-](C)(C)C)c1. The first-order chi connectivity index (χ1) is 21.0. The third-order valence-electron chi connectivity index (χ3n) is 8.33. The van der Waals surface area contributed by atoms with Gasteiger partial charge in [0.25, 0.3) is 0 Å². The number of carbonyl (C=O) groups excluding carboxylic acids is 1. The van der Waals surface area contributed by atoms with Crippen LogP contribution in [-0.2, 0) is 20.4 Å². The Labute approximate surface area is 264 Å². The quantitative estimate of drug-likeness (QED) is 0.212. The third-order valence-corrected chi connectivity index (χ3v) is 11.5. The average Bonchev–Trinajstić information content (AvgIpc) is 3.69. The number of aryl methyl sites for hydroxylation is 2. The van der Waals surface area contributed by atoms with Crippen molar-refractivity contribution in [3.63, 3.8) is 0 Å². The predicted molar refractivity (Wildman–Crippen MR) is 167 cm³/mol. The van der Waals surface area contributed by atoms with Crippen molar-refractivity contribution in [2.24, 2.45) is 5.92 Å². The fraction of sp³-hybridized carbons (Fsp3) is 0.500. The molecule has 2 aliphatic heterocycles. The van der Waals surface area contributed by atoms with Crippen LogP contribution in [0.1, 0.15) is 54.9 Å². The number of ether oxygens (including phenoxy) is 2. The van der Waals surface area contributed by atoms with E-state index in [-0.39, 0.29) is 31.2 Å². The number of carbonyl (C=O) groups is 2. The summed E-state index contributed by atoms with van der Waals surface area (Å²) in [6.45, 7) is 5.31. The Bertz CT molecular complexity index is 1470. The zero-order chi connectivity index (χ0) is 31.4. The summed E-state index contributed by atoms with van der Waals surface area (Å²) in [5, 5.41) is 10.6. The van der Waals surface area contributed by atoms with E-state index in [0.717, 1.165) is 34.3 Å². The van der Waals surface area contributed by atoms with Crippen LogP contribution in [0.5, 0.6) is 11.5 Å². The number of hydrogen-bond acceptors (Lipinski definition) is 7. The van der Waals surface area contributed by atoms with Gasteiger partial charge in [0.1, 0.15) is 5.76 Å². The molecule has 2 aliphatic rings. The molecule has 10 heteroatoms. The number of anilines is 1. The van der Waals surface area contributed by atoms with Gasteiger partial charge in [-0.15, -0.1) is 0 Å². The summed E-state index contributed by atoms with van der Waals surface area (Å²) >= 11 is -1.78. The Morgan fingerprint density at radius 2 is 1.91 bits per heavy atom. The Kier molecular flexibility index (Phi) is 10.2. The van der Waals surface area contributed by atoms with Crippen LogP contribution in [0.25, 0.3) is 0 Å². The van der Waals surface area contributed by atoms with Crippen LogP contribution in [-0.4, -0.2) is 74.1 Å². The molecule has 0 spiro atoms. The Hall–Kier alpha value is -3.12. The molecule has 2 aromatic carbocycles. The number of rotatable bonds is 13. The molecule has 0 aliphatic carbocycles. The van der Waals surface area contributed by atoms with Crippen molar-refractivity contribution >= 4 is 17.6 Å². The molecule has 1 N–H and O–H groups in total. The third kappa shape index (κ3) is 7.74. The maximum absolute atomic E-state index is 14.2. The molecule has 0 bridgehead atoms. The van der Waals surface area contributed by atoms with Crippen LogP contribution < -0.4 is 32.8 Å². The molecule has 0 unspecified atom stereocenters. The molecule has 44 heavy (non-hydrogen) atoms. The normalized spacial score (nSPS) is 20.2. The fourth-order valence-corrected chi connectivity index (χ4v) is 9.48. The summed E-state index contributed by atoms with van der Waals surface area (Å²) in [5.74, 6) is 0.646. The second kappa shape index (κ2) is 13.9. The van der Waals surface area contributed by atoms with E-state index in [1.807, 2.05) is 36.1 Å². The molecule has 1 aromatic heterocycles. The molecule has 1 fully saturated rings. The van der Waals surface area contributed by atoms with Crippen LogP contribution in [0.4, 0.5) is 5.69 Å². The second-order valence-corrected chi connectivity index (χ2v) is 24.4. The monoisotopic (exact) mass is 718 g/mol. The van der Waals surface area contributed by atoms with E-state index in [1.54, 1.807) is 6.20 Å². The number of likely N-dealkylation sites (tertiary alicyclic amines) is 1. The van der Waals surface area contributed by atoms with Gasteiger partial charge >= 0.3 is 203 Å². The summed E-state index contributed by atoms with van der Waals surface area (Å²) < 4.78 is 17.9. The molecule has 9 nitrogen and oxygen atoms in total. The number of benzene rings is 2. The number of oxazole rings is 1. The van der Waals surface area contributed by atoms with Crippen LogP contribution in [0, 0.1) is 12.8 Å². The van der Waals surface area contributed by atoms with E-state index in [1.165, 1.54) is 5.56 Å². The number of alkyl halides is 4. The number of carboxylic acids is 1. The Morgan fingerprint density at radius 3 is 2.61 bits per heavy atom. The van der Waals surface area contributed by atoms with Gasteiger partial charge in [-0.3, -0.25) is 0 Å². The molecule has 240 valence electrons. The number of aromatic nitrogens is 1. The number of nitrogens with zero attached hydrogens (tertiary/aromatic N) is 3. The molecular weight excluding hydrogens is 673 g/mol. The van der Waals surface area contributed by atoms with E-state index >= 15 is 0 Å². The van der Waals surface area contributed by atoms with Gasteiger partial charge in [0.2, 0.25) is 6.79 Å². The summed E-state index contributed by atoms with van der Waals surface area (Å²) in [6.07, 6.45) is 4.53. The molecule has 5 rings (SSSR count). The second-order valence-electron chi connectivity index (χ2n) is 12.6. The van der Waals surface area contributed by atoms with Gasteiger partial charge in [0.05, 0.1) is 6.20 Å². The van der Waals surface area contributed by atoms with Crippen molar-refractivity contribution < 1.29 is 47.0 Å². The first kappa shape index (κ1) is 32.3. The first-order valence-electron chi connectivity index (χ1n) is 15.2. The molecule has 3 atom stereocenters. The fourth-order valence-electron chi connectivity index (χ4n) is 6.37. The molecule has 3 aromatic rings. The molecule has 0 saturated carbocycles. The van der Waals surface area contributed by atoms with Crippen LogP contribution in [0.2, 0.25) is 0 Å². The van der Waals surface area contributed by atoms with Crippen LogP contribution >= 0.6 is 0 Å². The van der Waals surface area contributed by atoms with E-state index < -0.39 is 30.3 Å². The Morgan fingerprint density at radius 1 is 1.11 bits per heavy atom. The Balaban J connectivity index is 1.43. The minimum atomic E-state index is -1.78. The van der Waals surface area contributed by atoms with Crippen molar-refractivity contribution in [1.29, 1.82) is 0 Å². The van der Waals surface area contributed by atoms with Crippen molar-refractivity contribution in [2.75, 3.05) is 46.1 Å². The standard InChI is InChI=1S/C34H45IN3O6/c1-6-7-15-38(26-10-8-9-24(16-26)18-35(3,4)5)32(39)21-37-20-27(25-11-13-29-30(17-25)43-22-42-29)33(34(40)41)28(37)12-14-31-36-19-23(2)44-31/h8-11,13,16-17,19,27-28,33H,6-7,12,14-15,18,20-22H2,1-5H3,(H,40,41)/q-1/t27-,28+,33-/m1/s1. The van der Waals surface area contributed by atoms with Gasteiger partial charge < -0.3 is 13.9 Å². The summed E-state index contributed by atoms with van der Waals surface area (Å²) in [5.41, 5.74) is 3.06. The molecular formula is C34H45IN3O6-. The van der Waals surface area contributed by atoms with Gasteiger partial charge in [-0.05, 0) is 13.0 Å². The molecule has 1 saturated heterocycles. The number of amides is 1. The molecule has 3 heterocycles. The van der Waals surface area contributed by atoms with Crippen molar-refractivity contribution in [3.05, 3.63) is 71.4 Å². The predicted octanol–water partition coefficient (Wildman–Crippen LogP) is 2.20. The van der Waals surface area contributed by atoms with Gasteiger partial charge in [0, 0.05) is 0 Å². The minimum absolute atomic E-state index is 0.0142.